The third-order valence-corrected chi connectivity index (χ3v) is 3.20. The minimum Gasteiger partial charge on any atom is -0.368 e. The summed E-state index contributed by atoms with van der Waals surface area (Å²) in [6.45, 7) is 9.76. The number of nitrogens with zero attached hydrogens (tertiary/aromatic N) is 1. The molecule has 0 aromatic heterocycles. The van der Waals surface area contributed by atoms with Crippen molar-refractivity contribution in [2.45, 2.75) is 47.1 Å². The summed E-state index contributed by atoms with van der Waals surface area (Å²) in [5.41, 5.74) is 5.15. The Morgan fingerprint density at radius 1 is 1.31 bits per heavy atom. The van der Waals surface area contributed by atoms with E-state index in [-0.39, 0.29) is 17.2 Å². The van der Waals surface area contributed by atoms with Crippen molar-refractivity contribution in [1.29, 1.82) is 0 Å². The quantitative estimate of drug-likeness (QED) is 0.790. The molecule has 0 bridgehead atoms. The number of hydrogen-bond acceptors (Lipinski definition) is 2. The van der Waals surface area contributed by atoms with E-state index in [2.05, 4.69) is 0 Å². The predicted molar refractivity (Wildman–Crippen MR) is 64.7 cm³/mol. The van der Waals surface area contributed by atoms with Crippen molar-refractivity contribution in [3.05, 3.63) is 0 Å². The van der Waals surface area contributed by atoms with Crippen LogP contribution >= 0.6 is 0 Å². The summed E-state index contributed by atoms with van der Waals surface area (Å²) in [5.74, 6) is -0.608. The van der Waals surface area contributed by atoms with Gasteiger partial charge in [0.25, 0.3) is 0 Å². The van der Waals surface area contributed by atoms with Crippen molar-refractivity contribution in [3.63, 3.8) is 0 Å². The fourth-order valence-corrected chi connectivity index (χ4v) is 1.50. The van der Waals surface area contributed by atoms with Crippen molar-refractivity contribution < 1.29 is 9.59 Å². The van der Waals surface area contributed by atoms with Crippen LogP contribution in [0.3, 0.4) is 0 Å². The molecule has 2 unspecified atom stereocenters. The molecule has 0 aliphatic heterocycles. The molecule has 0 aliphatic carbocycles. The van der Waals surface area contributed by atoms with Gasteiger partial charge < -0.3 is 10.6 Å². The second-order valence-electron chi connectivity index (χ2n) is 5.36. The van der Waals surface area contributed by atoms with E-state index in [9.17, 15) is 9.59 Å². The van der Waals surface area contributed by atoms with Crippen molar-refractivity contribution in [2.75, 3.05) is 7.05 Å². The third-order valence-electron chi connectivity index (χ3n) is 3.20. The molecule has 4 heteroatoms. The maximum Gasteiger partial charge on any atom is 0.240 e. The molecule has 0 aromatic carbocycles. The van der Waals surface area contributed by atoms with E-state index in [0.29, 0.717) is 6.42 Å². The van der Waals surface area contributed by atoms with E-state index in [1.165, 1.54) is 4.90 Å². The molecule has 94 valence electrons. The number of amides is 2. The van der Waals surface area contributed by atoms with Crippen LogP contribution < -0.4 is 5.73 Å². The fraction of sp³-hybridized carbons (Fsp3) is 0.833. The zero-order valence-electron chi connectivity index (χ0n) is 11.2. The van der Waals surface area contributed by atoms with Gasteiger partial charge in [-0.15, -0.1) is 0 Å². The Hall–Kier alpha value is -1.06. The van der Waals surface area contributed by atoms with Crippen molar-refractivity contribution >= 4 is 11.8 Å². The molecule has 2 N–H and O–H groups in total. The standard InChI is InChI=1S/C12H24N2O2/c1-7-9(10(13)15)14(6)11(16)8(2)12(3,4)5/h8-9H,7H2,1-6H3,(H2,13,15). The van der Waals surface area contributed by atoms with Gasteiger partial charge in [0.2, 0.25) is 11.8 Å². The summed E-state index contributed by atoms with van der Waals surface area (Å²) in [6, 6.07) is -0.503. The highest BCUT2D eigenvalue weighted by atomic mass is 16.2. The summed E-state index contributed by atoms with van der Waals surface area (Å²) in [4.78, 5) is 24.8. The van der Waals surface area contributed by atoms with Crippen LogP contribution in [-0.2, 0) is 9.59 Å². The van der Waals surface area contributed by atoms with E-state index in [1.807, 2.05) is 34.6 Å². The van der Waals surface area contributed by atoms with Gasteiger partial charge in [-0.25, -0.2) is 0 Å². The third kappa shape index (κ3) is 3.51. The number of carbonyl (C=O) groups is 2. The smallest absolute Gasteiger partial charge is 0.240 e. The van der Waals surface area contributed by atoms with E-state index in [1.54, 1.807) is 7.05 Å². The first-order valence-electron chi connectivity index (χ1n) is 5.68. The molecule has 0 heterocycles. The Morgan fingerprint density at radius 2 is 1.75 bits per heavy atom. The zero-order valence-corrected chi connectivity index (χ0v) is 11.2. The van der Waals surface area contributed by atoms with E-state index >= 15 is 0 Å². The highest BCUT2D eigenvalue weighted by Crippen LogP contribution is 2.27. The van der Waals surface area contributed by atoms with Gasteiger partial charge in [0.05, 0.1) is 0 Å². The molecule has 2 atom stereocenters. The van der Waals surface area contributed by atoms with Gasteiger partial charge in [-0.2, -0.15) is 0 Å². The average Bonchev–Trinajstić information content (AvgIpc) is 2.14. The molecular weight excluding hydrogens is 204 g/mol. The van der Waals surface area contributed by atoms with Gasteiger partial charge >= 0.3 is 0 Å². The Balaban J connectivity index is 4.79. The van der Waals surface area contributed by atoms with Crippen LogP contribution in [0.4, 0.5) is 0 Å². The molecular formula is C12H24N2O2. The predicted octanol–water partition coefficient (Wildman–Crippen LogP) is 1.39. The van der Waals surface area contributed by atoms with Crippen molar-refractivity contribution in [1.82, 2.24) is 4.90 Å². The maximum atomic E-state index is 12.1. The topological polar surface area (TPSA) is 63.4 Å². The van der Waals surface area contributed by atoms with Crippen LogP contribution in [0.5, 0.6) is 0 Å². The Kier molecular flexibility index (Phi) is 4.97. The normalized spacial score (nSPS) is 15.4. The minimum atomic E-state index is -0.503. The number of likely N-dealkylation sites (N-methyl/N-ethyl adjacent to an activating group) is 1. The molecule has 0 aromatic rings. The van der Waals surface area contributed by atoms with Gasteiger partial charge in [-0.1, -0.05) is 34.6 Å². The van der Waals surface area contributed by atoms with Crippen LogP contribution in [0.25, 0.3) is 0 Å². The van der Waals surface area contributed by atoms with Gasteiger partial charge in [0.15, 0.2) is 0 Å². The number of nitrogens with two attached hydrogens (primary N) is 1. The van der Waals surface area contributed by atoms with Crippen molar-refractivity contribution in [2.24, 2.45) is 17.1 Å². The largest absolute Gasteiger partial charge is 0.368 e. The Morgan fingerprint density at radius 3 is 2.00 bits per heavy atom. The molecule has 4 nitrogen and oxygen atoms in total. The lowest BCUT2D eigenvalue weighted by Crippen LogP contribution is -2.48. The lowest BCUT2D eigenvalue weighted by molar-refractivity contribution is -0.143. The van der Waals surface area contributed by atoms with Crippen LogP contribution in [0.1, 0.15) is 41.0 Å². The first-order valence-corrected chi connectivity index (χ1v) is 5.68. The second kappa shape index (κ2) is 5.32. The Bertz CT molecular complexity index is 269. The fourth-order valence-electron chi connectivity index (χ4n) is 1.50. The summed E-state index contributed by atoms with van der Waals surface area (Å²) in [6.07, 6.45) is 0.550. The zero-order chi connectivity index (χ0) is 13.1. The molecule has 0 saturated heterocycles. The van der Waals surface area contributed by atoms with Gasteiger partial charge in [0, 0.05) is 13.0 Å². The number of rotatable bonds is 4. The average molecular weight is 228 g/mol. The molecule has 0 radical (unpaired) electrons. The van der Waals surface area contributed by atoms with E-state index < -0.39 is 11.9 Å². The molecule has 0 saturated carbocycles. The number of carbonyl (C=O) groups excluding carboxylic acids is 2. The molecule has 0 fully saturated rings. The molecule has 0 rings (SSSR count). The van der Waals surface area contributed by atoms with E-state index in [4.69, 9.17) is 5.73 Å². The molecule has 2 amide bonds. The van der Waals surface area contributed by atoms with Crippen LogP contribution in [0, 0.1) is 11.3 Å². The van der Waals surface area contributed by atoms with Gasteiger partial charge in [-0.05, 0) is 11.8 Å². The SMILES string of the molecule is CCC(C(N)=O)N(C)C(=O)C(C)C(C)(C)C. The van der Waals surface area contributed by atoms with E-state index in [0.717, 1.165) is 0 Å². The summed E-state index contributed by atoms with van der Waals surface area (Å²) in [5, 5.41) is 0. The van der Waals surface area contributed by atoms with Gasteiger partial charge in [0.1, 0.15) is 6.04 Å². The van der Waals surface area contributed by atoms with Crippen LogP contribution in [0.2, 0.25) is 0 Å². The Labute approximate surface area is 98.2 Å². The summed E-state index contributed by atoms with van der Waals surface area (Å²) in [7, 11) is 1.64. The summed E-state index contributed by atoms with van der Waals surface area (Å²) >= 11 is 0. The second-order valence-corrected chi connectivity index (χ2v) is 5.36. The molecule has 16 heavy (non-hydrogen) atoms. The first kappa shape index (κ1) is 14.9. The number of hydrogen-bond donors (Lipinski definition) is 1. The minimum absolute atomic E-state index is 0.0295. The highest BCUT2D eigenvalue weighted by Gasteiger charge is 2.32. The van der Waals surface area contributed by atoms with Gasteiger partial charge in [-0.3, -0.25) is 9.59 Å². The lowest BCUT2D eigenvalue weighted by Gasteiger charge is -2.33. The monoisotopic (exact) mass is 228 g/mol. The lowest BCUT2D eigenvalue weighted by atomic mass is 9.81. The highest BCUT2D eigenvalue weighted by molar-refractivity contribution is 5.87. The maximum absolute atomic E-state index is 12.1. The number of primary amides is 1. The molecule has 0 spiro atoms. The van der Waals surface area contributed by atoms with Crippen molar-refractivity contribution in [3.8, 4) is 0 Å². The van der Waals surface area contributed by atoms with Crippen LogP contribution in [0.15, 0.2) is 0 Å². The first-order chi connectivity index (χ1) is 7.12. The van der Waals surface area contributed by atoms with Crippen LogP contribution in [-0.4, -0.2) is 29.8 Å². The summed E-state index contributed by atoms with van der Waals surface area (Å²) < 4.78 is 0. The molecule has 0 aliphatic rings.